The van der Waals surface area contributed by atoms with E-state index < -0.39 is 5.97 Å². The van der Waals surface area contributed by atoms with Gasteiger partial charge in [-0.15, -0.1) is 0 Å². The SMILES string of the molecule is Cc1ccc(N)c(CC(=O)O)n1. The molecule has 4 heteroatoms. The van der Waals surface area contributed by atoms with Gasteiger partial charge in [0.1, 0.15) is 0 Å². The molecule has 3 N–H and O–H groups in total. The van der Waals surface area contributed by atoms with E-state index in [1.807, 2.05) is 0 Å². The molecule has 0 aliphatic carbocycles. The topological polar surface area (TPSA) is 76.2 Å². The minimum Gasteiger partial charge on any atom is -0.481 e. The van der Waals surface area contributed by atoms with Gasteiger partial charge in [-0.2, -0.15) is 0 Å². The Bertz CT molecular complexity index is 310. The predicted octanol–water partition coefficient (Wildman–Crippen LogP) is 0.599. The fraction of sp³-hybridized carbons (Fsp3) is 0.250. The fourth-order valence-corrected chi connectivity index (χ4v) is 0.906. The highest BCUT2D eigenvalue weighted by Crippen LogP contribution is 2.09. The quantitative estimate of drug-likeness (QED) is 0.674. The fourth-order valence-electron chi connectivity index (χ4n) is 0.906. The van der Waals surface area contributed by atoms with Crippen LogP contribution in [0, 0.1) is 6.92 Å². The van der Waals surface area contributed by atoms with Crippen molar-refractivity contribution in [1.29, 1.82) is 0 Å². The molecule has 0 aliphatic heterocycles. The Labute approximate surface area is 70.0 Å². The van der Waals surface area contributed by atoms with Gasteiger partial charge in [0.05, 0.1) is 17.8 Å². The van der Waals surface area contributed by atoms with Crippen molar-refractivity contribution in [2.24, 2.45) is 0 Å². The first-order valence-electron chi connectivity index (χ1n) is 3.53. The van der Waals surface area contributed by atoms with Crippen LogP contribution < -0.4 is 5.73 Å². The van der Waals surface area contributed by atoms with E-state index in [0.717, 1.165) is 5.69 Å². The van der Waals surface area contributed by atoms with Crippen molar-refractivity contribution in [2.45, 2.75) is 13.3 Å². The van der Waals surface area contributed by atoms with Crippen molar-refractivity contribution in [3.63, 3.8) is 0 Å². The van der Waals surface area contributed by atoms with Crippen LogP contribution in [0.15, 0.2) is 12.1 Å². The van der Waals surface area contributed by atoms with E-state index in [0.29, 0.717) is 11.4 Å². The lowest BCUT2D eigenvalue weighted by atomic mass is 10.2. The maximum Gasteiger partial charge on any atom is 0.309 e. The number of nitrogen functional groups attached to an aromatic ring is 1. The van der Waals surface area contributed by atoms with Gasteiger partial charge in [0.2, 0.25) is 0 Å². The number of aromatic nitrogens is 1. The van der Waals surface area contributed by atoms with E-state index in [-0.39, 0.29) is 6.42 Å². The number of nitrogens with two attached hydrogens (primary N) is 1. The highest BCUT2D eigenvalue weighted by molar-refractivity contribution is 5.71. The maximum absolute atomic E-state index is 10.3. The number of anilines is 1. The van der Waals surface area contributed by atoms with Gasteiger partial charge in [-0.3, -0.25) is 9.78 Å². The van der Waals surface area contributed by atoms with Crippen LogP contribution in [-0.2, 0) is 11.2 Å². The second kappa shape index (κ2) is 3.21. The van der Waals surface area contributed by atoms with Crippen molar-refractivity contribution in [3.8, 4) is 0 Å². The normalized spacial score (nSPS) is 9.75. The number of pyridine rings is 1. The van der Waals surface area contributed by atoms with Crippen molar-refractivity contribution in [2.75, 3.05) is 5.73 Å². The first kappa shape index (κ1) is 8.52. The highest BCUT2D eigenvalue weighted by atomic mass is 16.4. The Balaban J connectivity index is 2.97. The number of carboxylic acid groups (broad SMARTS) is 1. The van der Waals surface area contributed by atoms with Crippen LogP contribution in [0.25, 0.3) is 0 Å². The molecular formula is C8H10N2O2. The summed E-state index contributed by atoms with van der Waals surface area (Å²) < 4.78 is 0. The van der Waals surface area contributed by atoms with Crippen LogP contribution in [0.5, 0.6) is 0 Å². The molecule has 1 heterocycles. The van der Waals surface area contributed by atoms with E-state index in [1.54, 1.807) is 19.1 Å². The van der Waals surface area contributed by atoms with Gasteiger partial charge in [-0.05, 0) is 19.1 Å². The molecule has 64 valence electrons. The summed E-state index contributed by atoms with van der Waals surface area (Å²) in [5.41, 5.74) is 7.16. The molecule has 0 bridgehead atoms. The van der Waals surface area contributed by atoms with Crippen molar-refractivity contribution in [3.05, 3.63) is 23.5 Å². The summed E-state index contributed by atoms with van der Waals surface area (Å²) in [6.45, 7) is 1.80. The minimum atomic E-state index is -0.917. The van der Waals surface area contributed by atoms with E-state index >= 15 is 0 Å². The van der Waals surface area contributed by atoms with Crippen molar-refractivity contribution in [1.82, 2.24) is 4.98 Å². The largest absolute Gasteiger partial charge is 0.481 e. The molecule has 0 aliphatic rings. The van der Waals surface area contributed by atoms with Crippen LogP contribution in [0.4, 0.5) is 5.69 Å². The molecule has 0 atom stereocenters. The molecule has 0 fully saturated rings. The lowest BCUT2D eigenvalue weighted by molar-refractivity contribution is -0.136. The molecule has 0 spiro atoms. The Kier molecular flexibility index (Phi) is 2.28. The number of rotatable bonds is 2. The smallest absolute Gasteiger partial charge is 0.309 e. The molecule has 0 radical (unpaired) electrons. The molecule has 0 saturated heterocycles. The Morgan fingerprint density at radius 3 is 2.92 bits per heavy atom. The van der Waals surface area contributed by atoms with E-state index in [2.05, 4.69) is 4.98 Å². The Morgan fingerprint density at radius 2 is 2.33 bits per heavy atom. The third-order valence-electron chi connectivity index (χ3n) is 1.47. The summed E-state index contributed by atoms with van der Waals surface area (Å²) in [7, 11) is 0. The van der Waals surface area contributed by atoms with Gasteiger partial charge in [0, 0.05) is 5.69 Å². The van der Waals surface area contributed by atoms with Gasteiger partial charge in [0.25, 0.3) is 0 Å². The monoisotopic (exact) mass is 166 g/mol. The first-order chi connectivity index (χ1) is 5.59. The van der Waals surface area contributed by atoms with Crippen LogP contribution in [0.3, 0.4) is 0 Å². The van der Waals surface area contributed by atoms with Crippen molar-refractivity contribution >= 4 is 11.7 Å². The second-order valence-corrected chi connectivity index (χ2v) is 2.56. The molecule has 1 aromatic heterocycles. The van der Waals surface area contributed by atoms with E-state index in [1.165, 1.54) is 0 Å². The zero-order valence-electron chi connectivity index (χ0n) is 6.74. The second-order valence-electron chi connectivity index (χ2n) is 2.56. The molecule has 12 heavy (non-hydrogen) atoms. The minimum absolute atomic E-state index is 0.118. The van der Waals surface area contributed by atoms with Gasteiger partial charge in [-0.1, -0.05) is 0 Å². The number of aliphatic carboxylic acids is 1. The van der Waals surface area contributed by atoms with Crippen molar-refractivity contribution < 1.29 is 9.90 Å². The zero-order valence-corrected chi connectivity index (χ0v) is 6.74. The summed E-state index contributed by atoms with van der Waals surface area (Å²) in [5, 5.41) is 8.49. The number of carbonyl (C=O) groups is 1. The van der Waals surface area contributed by atoms with Crippen LogP contribution in [0.1, 0.15) is 11.4 Å². The van der Waals surface area contributed by atoms with Gasteiger partial charge >= 0.3 is 5.97 Å². The average molecular weight is 166 g/mol. The molecule has 0 amide bonds. The van der Waals surface area contributed by atoms with Gasteiger partial charge < -0.3 is 10.8 Å². The number of hydrogen-bond donors (Lipinski definition) is 2. The van der Waals surface area contributed by atoms with Crippen LogP contribution in [-0.4, -0.2) is 16.1 Å². The lowest BCUT2D eigenvalue weighted by Gasteiger charge is -2.01. The number of aryl methyl sites for hydroxylation is 1. The summed E-state index contributed by atoms with van der Waals surface area (Å²) in [6, 6.07) is 3.42. The van der Waals surface area contributed by atoms with Crippen LogP contribution in [0.2, 0.25) is 0 Å². The predicted molar refractivity (Wildman–Crippen MR) is 44.7 cm³/mol. The third-order valence-corrected chi connectivity index (χ3v) is 1.47. The Hall–Kier alpha value is -1.58. The van der Waals surface area contributed by atoms with Crippen LogP contribution >= 0.6 is 0 Å². The Morgan fingerprint density at radius 1 is 1.67 bits per heavy atom. The summed E-state index contributed by atoms with van der Waals surface area (Å²) >= 11 is 0. The highest BCUT2D eigenvalue weighted by Gasteiger charge is 2.05. The number of carboxylic acids is 1. The van der Waals surface area contributed by atoms with E-state index in [4.69, 9.17) is 10.8 Å². The van der Waals surface area contributed by atoms with E-state index in [9.17, 15) is 4.79 Å². The number of hydrogen-bond acceptors (Lipinski definition) is 3. The third kappa shape index (κ3) is 1.95. The summed E-state index contributed by atoms with van der Waals surface area (Å²) in [4.78, 5) is 14.3. The average Bonchev–Trinajstić information content (AvgIpc) is 1.96. The first-order valence-corrected chi connectivity index (χ1v) is 3.53. The van der Waals surface area contributed by atoms with Gasteiger partial charge in [0.15, 0.2) is 0 Å². The number of nitrogens with zero attached hydrogens (tertiary/aromatic N) is 1. The zero-order chi connectivity index (χ0) is 9.14. The maximum atomic E-state index is 10.3. The molecule has 0 unspecified atom stereocenters. The van der Waals surface area contributed by atoms with Gasteiger partial charge in [-0.25, -0.2) is 0 Å². The summed E-state index contributed by atoms with van der Waals surface area (Å²) in [5.74, 6) is -0.917. The molecular weight excluding hydrogens is 156 g/mol. The molecule has 1 rings (SSSR count). The molecule has 0 saturated carbocycles. The standard InChI is InChI=1S/C8H10N2O2/c1-5-2-3-6(9)7(10-5)4-8(11)12/h2-3H,4,9H2,1H3,(H,11,12). The molecule has 4 nitrogen and oxygen atoms in total. The molecule has 1 aromatic rings. The molecule has 0 aromatic carbocycles. The summed E-state index contributed by atoms with van der Waals surface area (Å²) in [6.07, 6.45) is -0.118. The lowest BCUT2D eigenvalue weighted by Crippen LogP contribution is -2.06.